The van der Waals surface area contributed by atoms with Gasteiger partial charge in [-0.2, -0.15) is 0 Å². The molecule has 1 aliphatic heterocycles. The molecule has 23 heavy (non-hydrogen) atoms. The van der Waals surface area contributed by atoms with Gasteiger partial charge >= 0.3 is 0 Å². The summed E-state index contributed by atoms with van der Waals surface area (Å²) in [5.41, 5.74) is 2.86. The van der Waals surface area contributed by atoms with Gasteiger partial charge in [0.25, 0.3) is 5.91 Å². The van der Waals surface area contributed by atoms with Gasteiger partial charge in [0.15, 0.2) is 0 Å². The number of nitrogens with one attached hydrogen (secondary N) is 1. The maximum Gasteiger partial charge on any atom is 0.255 e. The Morgan fingerprint density at radius 2 is 2.17 bits per heavy atom. The normalized spacial score (nSPS) is 14.7. The van der Waals surface area contributed by atoms with Crippen LogP contribution in [-0.2, 0) is 17.9 Å². The molecule has 0 spiro atoms. The van der Waals surface area contributed by atoms with E-state index in [2.05, 4.69) is 20.3 Å². The first-order valence-corrected chi connectivity index (χ1v) is 7.56. The number of fused-ring (bicyclic) bond motifs is 1. The third kappa shape index (κ3) is 2.81. The Kier molecular flexibility index (Phi) is 4.10. The molecule has 2 amide bonds. The predicted molar refractivity (Wildman–Crippen MR) is 81.3 cm³/mol. The van der Waals surface area contributed by atoms with Crippen molar-refractivity contribution in [2.24, 2.45) is 0 Å². The number of hydrogen-bond acceptors (Lipinski definition) is 5. The van der Waals surface area contributed by atoms with Crippen LogP contribution in [-0.4, -0.2) is 33.1 Å². The minimum Gasteiger partial charge on any atom is -0.348 e. The Bertz CT molecular complexity index is 740. The van der Waals surface area contributed by atoms with Crippen molar-refractivity contribution in [3.05, 3.63) is 46.8 Å². The van der Waals surface area contributed by atoms with Crippen LogP contribution in [0.25, 0.3) is 0 Å². The molecular weight excluding hydrogens is 296 g/mol. The summed E-state index contributed by atoms with van der Waals surface area (Å²) in [5.74, 6) is -0.294. The molecule has 3 rings (SSSR count). The third-order valence-corrected chi connectivity index (χ3v) is 4.09. The van der Waals surface area contributed by atoms with Crippen molar-refractivity contribution in [1.29, 1.82) is 0 Å². The van der Waals surface area contributed by atoms with E-state index in [1.807, 2.05) is 25.1 Å². The smallest absolute Gasteiger partial charge is 0.255 e. The van der Waals surface area contributed by atoms with E-state index in [0.29, 0.717) is 29.9 Å². The molecule has 0 bridgehead atoms. The fourth-order valence-electron chi connectivity index (χ4n) is 2.77. The fraction of sp³-hybridized carbons (Fsp3) is 0.375. The molecule has 1 aliphatic rings. The monoisotopic (exact) mass is 314 g/mol. The van der Waals surface area contributed by atoms with Gasteiger partial charge in [-0.25, -0.2) is 4.63 Å². The van der Waals surface area contributed by atoms with E-state index >= 15 is 0 Å². The van der Waals surface area contributed by atoms with Crippen LogP contribution in [0.5, 0.6) is 0 Å². The summed E-state index contributed by atoms with van der Waals surface area (Å²) in [5, 5.41) is 10.2. The quantitative estimate of drug-likeness (QED) is 0.902. The molecule has 120 valence electrons. The van der Waals surface area contributed by atoms with E-state index in [0.717, 1.165) is 5.56 Å². The summed E-state index contributed by atoms with van der Waals surface area (Å²) in [6, 6.07) is 6.95. The van der Waals surface area contributed by atoms with Gasteiger partial charge in [0.1, 0.15) is 17.4 Å². The molecule has 1 atom stereocenters. The minimum absolute atomic E-state index is 0.0955. The lowest BCUT2D eigenvalue weighted by atomic mass is 10.1. The van der Waals surface area contributed by atoms with Crippen molar-refractivity contribution < 1.29 is 14.2 Å². The molecular formula is C16H18N4O3. The number of benzene rings is 1. The van der Waals surface area contributed by atoms with Crippen molar-refractivity contribution in [2.75, 3.05) is 0 Å². The van der Waals surface area contributed by atoms with E-state index < -0.39 is 6.04 Å². The molecule has 0 fully saturated rings. The van der Waals surface area contributed by atoms with Gasteiger partial charge in [-0.3, -0.25) is 9.59 Å². The maximum absolute atomic E-state index is 12.5. The Morgan fingerprint density at radius 1 is 1.39 bits per heavy atom. The number of nitrogens with zero attached hydrogens (tertiary/aromatic N) is 3. The Morgan fingerprint density at radius 3 is 2.83 bits per heavy atom. The lowest BCUT2D eigenvalue weighted by Gasteiger charge is -2.25. The summed E-state index contributed by atoms with van der Waals surface area (Å²) in [7, 11) is 0. The number of rotatable bonds is 5. The zero-order valence-electron chi connectivity index (χ0n) is 13.1. The van der Waals surface area contributed by atoms with Gasteiger partial charge in [0.2, 0.25) is 5.91 Å². The van der Waals surface area contributed by atoms with E-state index in [9.17, 15) is 9.59 Å². The van der Waals surface area contributed by atoms with Gasteiger partial charge in [-0.05, 0) is 25.0 Å². The molecule has 0 saturated heterocycles. The standard InChI is InChI=1S/C16H18N4O3/c1-3-14(15(21)17-8-13-10(2)18-23-19-13)20-9-11-6-4-5-7-12(11)16(20)22/h4-7,14H,3,8-9H2,1-2H3,(H,17,21). The van der Waals surface area contributed by atoms with Crippen LogP contribution in [0.3, 0.4) is 0 Å². The van der Waals surface area contributed by atoms with Crippen molar-refractivity contribution in [3.63, 3.8) is 0 Å². The molecule has 0 aliphatic carbocycles. The summed E-state index contributed by atoms with van der Waals surface area (Å²) >= 11 is 0. The average molecular weight is 314 g/mol. The molecule has 1 aromatic heterocycles. The number of aryl methyl sites for hydroxylation is 1. The van der Waals surface area contributed by atoms with E-state index in [-0.39, 0.29) is 18.4 Å². The van der Waals surface area contributed by atoms with Gasteiger partial charge < -0.3 is 10.2 Å². The summed E-state index contributed by atoms with van der Waals surface area (Å²) in [4.78, 5) is 26.6. The van der Waals surface area contributed by atoms with E-state index in [1.165, 1.54) is 0 Å². The highest BCUT2D eigenvalue weighted by atomic mass is 16.6. The van der Waals surface area contributed by atoms with Crippen molar-refractivity contribution in [3.8, 4) is 0 Å². The SMILES string of the molecule is CCC(C(=O)NCc1nonc1C)N1Cc2ccccc2C1=O. The van der Waals surface area contributed by atoms with Crippen LogP contribution in [0, 0.1) is 6.92 Å². The number of amides is 2. The highest BCUT2D eigenvalue weighted by Gasteiger charge is 2.35. The Hall–Kier alpha value is -2.70. The second-order valence-electron chi connectivity index (χ2n) is 5.53. The minimum atomic E-state index is -0.505. The highest BCUT2D eigenvalue weighted by molar-refractivity contribution is 6.01. The lowest BCUT2D eigenvalue weighted by molar-refractivity contribution is -0.126. The molecule has 2 aromatic rings. The molecule has 7 nitrogen and oxygen atoms in total. The van der Waals surface area contributed by atoms with Crippen molar-refractivity contribution >= 4 is 11.8 Å². The Labute approximate surface area is 133 Å². The van der Waals surface area contributed by atoms with E-state index in [4.69, 9.17) is 0 Å². The molecule has 0 radical (unpaired) electrons. The van der Waals surface area contributed by atoms with Crippen LogP contribution < -0.4 is 5.32 Å². The third-order valence-electron chi connectivity index (χ3n) is 4.09. The summed E-state index contributed by atoms with van der Waals surface area (Å²) in [6.45, 7) is 4.35. The number of carbonyl (C=O) groups is 2. The van der Waals surface area contributed by atoms with E-state index in [1.54, 1.807) is 17.9 Å². The van der Waals surface area contributed by atoms with Gasteiger partial charge in [0, 0.05) is 12.1 Å². The zero-order valence-corrected chi connectivity index (χ0v) is 13.1. The number of aromatic nitrogens is 2. The van der Waals surface area contributed by atoms with Gasteiger partial charge in [-0.1, -0.05) is 35.4 Å². The maximum atomic E-state index is 12.5. The second kappa shape index (κ2) is 6.20. The van der Waals surface area contributed by atoms with Crippen LogP contribution in [0.2, 0.25) is 0 Å². The molecule has 7 heteroatoms. The van der Waals surface area contributed by atoms with Gasteiger partial charge in [0.05, 0.1) is 6.54 Å². The fourth-order valence-corrected chi connectivity index (χ4v) is 2.77. The molecule has 0 saturated carbocycles. The second-order valence-corrected chi connectivity index (χ2v) is 5.53. The predicted octanol–water partition coefficient (Wildman–Crippen LogP) is 1.43. The van der Waals surface area contributed by atoms with Crippen LogP contribution >= 0.6 is 0 Å². The zero-order chi connectivity index (χ0) is 16.4. The van der Waals surface area contributed by atoms with Crippen molar-refractivity contribution in [1.82, 2.24) is 20.5 Å². The summed E-state index contributed by atoms with van der Waals surface area (Å²) in [6.07, 6.45) is 0.543. The van der Waals surface area contributed by atoms with Crippen LogP contribution in [0.1, 0.15) is 40.7 Å². The first-order chi connectivity index (χ1) is 11.1. The first kappa shape index (κ1) is 15.2. The van der Waals surface area contributed by atoms with Crippen LogP contribution in [0.4, 0.5) is 0 Å². The molecule has 1 N–H and O–H groups in total. The van der Waals surface area contributed by atoms with Crippen molar-refractivity contribution in [2.45, 2.75) is 39.4 Å². The number of hydrogen-bond donors (Lipinski definition) is 1. The molecule has 2 heterocycles. The molecule has 1 aromatic carbocycles. The highest BCUT2D eigenvalue weighted by Crippen LogP contribution is 2.25. The largest absolute Gasteiger partial charge is 0.348 e. The number of carbonyl (C=O) groups excluding carboxylic acids is 2. The average Bonchev–Trinajstić information content (AvgIpc) is 3.11. The lowest BCUT2D eigenvalue weighted by Crippen LogP contribution is -2.46. The van der Waals surface area contributed by atoms with Gasteiger partial charge in [-0.15, -0.1) is 0 Å². The Balaban J connectivity index is 1.69. The first-order valence-electron chi connectivity index (χ1n) is 7.56. The van der Waals surface area contributed by atoms with Crippen LogP contribution in [0.15, 0.2) is 28.9 Å². The topological polar surface area (TPSA) is 88.3 Å². The molecule has 1 unspecified atom stereocenters. The summed E-state index contributed by atoms with van der Waals surface area (Å²) < 4.78 is 4.61.